The molecule has 0 amide bonds. The maximum Gasteiger partial charge on any atom is 0.223 e. The molecule has 1 unspecified atom stereocenters. The summed E-state index contributed by atoms with van der Waals surface area (Å²) in [5.74, 6) is 0. The molecule has 0 aliphatic carbocycles. The molecule has 1 aromatic rings. The standard InChI is InChI=1S/C8H9FNO/c1-7(9)11-10-8-5-3-2-4-6-8/h2-7H,1H3. The maximum atomic E-state index is 12.1. The van der Waals surface area contributed by atoms with Crippen LogP contribution in [0, 0.1) is 0 Å². The summed E-state index contributed by atoms with van der Waals surface area (Å²) in [6.07, 6.45) is -1.35. The van der Waals surface area contributed by atoms with Crippen LogP contribution >= 0.6 is 0 Å². The second kappa shape index (κ2) is 3.93. The van der Waals surface area contributed by atoms with E-state index in [-0.39, 0.29) is 0 Å². The van der Waals surface area contributed by atoms with E-state index in [2.05, 4.69) is 10.3 Å². The molecule has 1 aromatic carbocycles. The molecule has 1 radical (unpaired) electrons. The molecule has 59 valence electrons. The summed E-state index contributed by atoms with van der Waals surface area (Å²) in [5, 5.41) is 0. The van der Waals surface area contributed by atoms with Crippen LogP contribution in [0.15, 0.2) is 30.3 Å². The summed E-state index contributed by atoms with van der Waals surface area (Å²) in [6.45, 7) is 1.28. The summed E-state index contributed by atoms with van der Waals surface area (Å²) in [4.78, 5) is 4.39. The van der Waals surface area contributed by atoms with Gasteiger partial charge in [0.15, 0.2) is 0 Å². The number of rotatable bonds is 3. The molecule has 2 nitrogen and oxygen atoms in total. The Labute approximate surface area is 64.9 Å². The lowest BCUT2D eigenvalue weighted by atomic mass is 10.3. The minimum absolute atomic E-state index is 0.622. The number of hydrogen-bond acceptors (Lipinski definition) is 1. The number of hydrogen-bond donors (Lipinski definition) is 0. The van der Waals surface area contributed by atoms with Gasteiger partial charge in [0, 0.05) is 0 Å². The first-order valence-corrected chi connectivity index (χ1v) is 3.35. The Balaban J connectivity index is 2.39. The minimum atomic E-state index is -1.35. The quantitative estimate of drug-likeness (QED) is 0.612. The van der Waals surface area contributed by atoms with E-state index in [0.29, 0.717) is 5.69 Å². The third-order valence-electron chi connectivity index (χ3n) is 1.06. The van der Waals surface area contributed by atoms with Crippen LogP contribution in [0.25, 0.3) is 0 Å². The van der Waals surface area contributed by atoms with Crippen molar-refractivity contribution in [2.24, 2.45) is 0 Å². The molecule has 0 N–H and O–H groups in total. The van der Waals surface area contributed by atoms with Crippen LogP contribution < -0.4 is 5.48 Å². The van der Waals surface area contributed by atoms with Crippen LogP contribution in [0.1, 0.15) is 6.92 Å². The van der Waals surface area contributed by atoms with Crippen LogP contribution in [-0.4, -0.2) is 6.36 Å². The molecule has 0 aliphatic heterocycles. The van der Waals surface area contributed by atoms with Gasteiger partial charge >= 0.3 is 0 Å². The highest BCUT2D eigenvalue weighted by Gasteiger charge is 1.98. The first-order valence-electron chi connectivity index (χ1n) is 3.35. The van der Waals surface area contributed by atoms with E-state index >= 15 is 0 Å². The van der Waals surface area contributed by atoms with E-state index in [1.54, 1.807) is 12.1 Å². The smallest absolute Gasteiger partial charge is 0.214 e. The highest BCUT2D eigenvalue weighted by atomic mass is 19.1. The highest BCUT2D eigenvalue weighted by molar-refractivity contribution is 5.33. The Kier molecular flexibility index (Phi) is 2.86. The van der Waals surface area contributed by atoms with E-state index < -0.39 is 6.36 Å². The molecule has 1 atom stereocenters. The van der Waals surface area contributed by atoms with Crippen molar-refractivity contribution in [2.45, 2.75) is 13.3 Å². The average Bonchev–Trinajstić information content (AvgIpc) is 2.03. The lowest BCUT2D eigenvalue weighted by Gasteiger charge is -2.01. The Hall–Kier alpha value is -1.09. The van der Waals surface area contributed by atoms with Crippen molar-refractivity contribution in [3.63, 3.8) is 0 Å². The predicted octanol–water partition coefficient (Wildman–Crippen LogP) is 2.17. The van der Waals surface area contributed by atoms with Gasteiger partial charge in [-0.15, -0.1) is 5.48 Å². The minimum Gasteiger partial charge on any atom is -0.214 e. The van der Waals surface area contributed by atoms with Crippen LogP contribution in [0.4, 0.5) is 10.1 Å². The Morgan fingerprint density at radius 1 is 1.36 bits per heavy atom. The Morgan fingerprint density at radius 3 is 2.55 bits per heavy atom. The van der Waals surface area contributed by atoms with E-state index in [4.69, 9.17) is 0 Å². The van der Waals surface area contributed by atoms with Crippen LogP contribution in [-0.2, 0) is 4.84 Å². The average molecular weight is 154 g/mol. The number of nitrogens with zero attached hydrogens (tertiary/aromatic N) is 1. The summed E-state index contributed by atoms with van der Waals surface area (Å²) in [6, 6.07) is 8.96. The largest absolute Gasteiger partial charge is 0.223 e. The summed E-state index contributed by atoms with van der Waals surface area (Å²) in [7, 11) is 0. The predicted molar refractivity (Wildman–Crippen MR) is 39.9 cm³/mol. The molecule has 0 saturated carbocycles. The van der Waals surface area contributed by atoms with Gasteiger partial charge in [0.25, 0.3) is 0 Å². The van der Waals surface area contributed by atoms with Gasteiger partial charge in [-0.25, -0.2) is 9.23 Å². The SMILES string of the molecule is CC(F)O[N]c1ccccc1. The normalized spacial score (nSPS) is 12.5. The molecule has 0 aliphatic rings. The molecule has 0 saturated heterocycles. The Bertz CT molecular complexity index is 201. The fourth-order valence-corrected chi connectivity index (χ4v) is 0.622. The van der Waals surface area contributed by atoms with Crippen molar-refractivity contribution in [3.8, 4) is 0 Å². The van der Waals surface area contributed by atoms with Crippen molar-refractivity contribution in [1.82, 2.24) is 5.48 Å². The van der Waals surface area contributed by atoms with Gasteiger partial charge in [-0.3, -0.25) is 0 Å². The van der Waals surface area contributed by atoms with E-state index in [1.165, 1.54) is 6.92 Å². The van der Waals surface area contributed by atoms with Crippen molar-refractivity contribution < 1.29 is 9.23 Å². The molecule has 0 fully saturated rings. The van der Waals surface area contributed by atoms with Gasteiger partial charge in [0.1, 0.15) is 0 Å². The van der Waals surface area contributed by atoms with E-state index in [9.17, 15) is 4.39 Å². The van der Waals surface area contributed by atoms with Crippen LogP contribution in [0.2, 0.25) is 0 Å². The van der Waals surface area contributed by atoms with Crippen molar-refractivity contribution >= 4 is 5.69 Å². The number of benzene rings is 1. The molecule has 0 bridgehead atoms. The van der Waals surface area contributed by atoms with Gasteiger partial charge in [0.05, 0.1) is 5.69 Å². The van der Waals surface area contributed by atoms with Gasteiger partial charge in [-0.05, 0) is 19.1 Å². The topological polar surface area (TPSA) is 23.3 Å². The Morgan fingerprint density at radius 2 is 2.00 bits per heavy atom. The fraction of sp³-hybridized carbons (Fsp3) is 0.250. The van der Waals surface area contributed by atoms with E-state index in [1.807, 2.05) is 18.2 Å². The van der Waals surface area contributed by atoms with Crippen molar-refractivity contribution in [2.75, 3.05) is 0 Å². The third kappa shape index (κ3) is 3.00. The second-order valence-corrected chi connectivity index (χ2v) is 2.08. The first-order chi connectivity index (χ1) is 5.29. The van der Waals surface area contributed by atoms with E-state index in [0.717, 1.165) is 0 Å². The monoisotopic (exact) mass is 154 g/mol. The molecular formula is C8H9FNO. The molecular weight excluding hydrogens is 145 g/mol. The number of halogens is 1. The summed E-state index contributed by atoms with van der Waals surface area (Å²) in [5.41, 5.74) is 4.15. The molecule has 0 spiro atoms. The lowest BCUT2D eigenvalue weighted by molar-refractivity contribution is -0.0697. The van der Waals surface area contributed by atoms with Gasteiger partial charge < -0.3 is 0 Å². The number of alkyl halides is 1. The van der Waals surface area contributed by atoms with Crippen molar-refractivity contribution in [1.29, 1.82) is 0 Å². The highest BCUT2D eigenvalue weighted by Crippen LogP contribution is 2.06. The van der Waals surface area contributed by atoms with Gasteiger partial charge in [0.2, 0.25) is 6.36 Å². The van der Waals surface area contributed by atoms with Gasteiger partial charge in [-0.2, -0.15) is 0 Å². The zero-order chi connectivity index (χ0) is 8.10. The van der Waals surface area contributed by atoms with Crippen LogP contribution in [0.5, 0.6) is 0 Å². The molecule has 11 heavy (non-hydrogen) atoms. The lowest BCUT2D eigenvalue weighted by Crippen LogP contribution is -2.06. The maximum absolute atomic E-state index is 12.1. The zero-order valence-corrected chi connectivity index (χ0v) is 6.20. The molecule has 1 rings (SSSR count). The van der Waals surface area contributed by atoms with Crippen LogP contribution in [0.3, 0.4) is 0 Å². The first kappa shape index (κ1) is 8.01. The molecule has 0 aromatic heterocycles. The third-order valence-corrected chi connectivity index (χ3v) is 1.06. The second-order valence-electron chi connectivity index (χ2n) is 2.08. The molecule has 3 heteroatoms. The van der Waals surface area contributed by atoms with Crippen molar-refractivity contribution in [3.05, 3.63) is 30.3 Å². The van der Waals surface area contributed by atoms with Gasteiger partial charge in [-0.1, -0.05) is 18.2 Å². The zero-order valence-electron chi connectivity index (χ0n) is 6.20. The summed E-state index contributed by atoms with van der Waals surface area (Å²) >= 11 is 0. The summed E-state index contributed by atoms with van der Waals surface area (Å²) < 4.78 is 12.1. The molecule has 0 heterocycles. The fourth-order valence-electron chi connectivity index (χ4n) is 0.622.